The summed E-state index contributed by atoms with van der Waals surface area (Å²) in [6.45, 7) is 3.15. The number of hydrogen-bond donors (Lipinski definition) is 2. The maximum Gasteiger partial charge on any atom is 0.234 e. The van der Waals surface area contributed by atoms with E-state index >= 15 is 0 Å². The SMILES string of the molecule is COc1c(C)c([C]=O)c(C)c(O)c1O. The number of phenolic OH excluding ortho intramolecular Hbond substituents is 2. The van der Waals surface area contributed by atoms with E-state index in [4.69, 9.17) is 4.74 Å². The van der Waals surface area contributed by atoms with Crippen LogP contribution in [-0.4, -0.2) is 23.6 Å². The fraction of sp³-hybridized carbons (Fsp3) is 0.300. The lowest BCUT2D eigenvalue weighted by Crippen LogP contribution is -1.97. The monoisotopic (exact) mass is 195 g/mol. The highest BCUT2D eigenvalue weighted by molar-refractivity contribution is 5.84. The van der Waals surface area contributed by atoms with Crippen LogP contribution in [-0.2, 0) is 4.79 Å². The molecule has 75 valence electrons. The van der Waals surface area contributed by atoms with E-state index in [9.17, 15) is 15.0 Å². The highest BCUT2D eigenvalue weighted by Gasteiger charge is 2.19. The Morgan fingerprint density at radius 1 is 1.14 bits per heavy atom. The van der Waals surface area contributed by atoms with Crippen LogP contribution in [0.5, 0.6) is 17.2 Å². The van der Waals surface area contributed by atoms with Gasteiger partial charge in [-0.3, -0.25) is 4.79 Å². The Balaban J connectivity index is 3.64. The number of ether oxygens (including phenoxy) is 1. The fourth-order valence-corrected chi connectivity index (χ4v) is 1.38. The molecule has 0 spiro atoms. The summed E-state index contributed by atoms with van der Waals surface area (Å²) in [6, 6.07) is 0. The molecule has 0 saturated carbocycles. The summed E-state index contributed by atoms with van der Waals surface area (Å²) in [7, 11) is 1.35. The lowest BCUT2D eigenvalue weighted by atomic mass is 10.0. The zero-order valence-electron chi connectivity index (χ0n) is 8.21. The van der Waals surface area contributed by atoms with Gasteiger partial charge >= 0.3 is 0 Å². The summed E-state index contributed by atoms with van der Waals surface area (Å²) in [5.74, 6) is -0.584. The first kappa shape index (κ1) is 10.4. The van der Waals surface area contributed by atoms with Gasteiger partial charge in [0.25, 0.3) is 0 Å². The van der Waals surface area contributed by atoms with Gasteiger partial charge in [-0.1, -0.05) is 0 Å². The predicted molar refractivity (Wildman–Crippen MR) is 50.6 cm³/mol. The minimum atomic E-state index is -0.346. The van der Waals surface area contributed by atoms with E-state index in [2.05, 4.69) is 0 Å². The Labute approximate surface area is 81.8 Å². The van der Waals surface area contributed by atoms with Crippen LogP contribution in [0.1, 0.15) is 16.7 Å². The van der Waals surface area contributed by atoms with Gasteiger partial charge in [0, 0.05) is 16.7 Å². The molecule has 4 nitrogen and oxygen atoms in total. The molecule has 4 heteroatoms. The third kappa shape index (κ3) is 1.28. The summed E-state index contributed by atoms with van der Waals surface area (Å²) in [5.41, 5.74) is 0.989. The van der Waals surface area contributed by atoms with Gasteiger partial charge in [-0.05, 0) is 13.8 Å². The number of aromatic hydroxyl groups is 2. The highest BCUT2D eigenvalue weighted by Crippen LogP contribution is 2.42. The fourth-order valence-electron chi connectivity index (χ4n) is 1.38. The number of benzene rings is 1. The molecule has 0 atom stereocenters. The third-order valence-electron chi connectivity index (χ3n) is 2.19. The van der Waals surface area contributed by atoms with E-state index in [1.165, 1.54) is 14.0 Å². The Morgan fingerprint density at radius 2 is 1.71 bits per heavy atom. The van der Waals surface area contributed by atoms with Gasteiger partial charge in [0.2, 0.25) is 12.0 Å². The lowest BCUT2D eigenvalue weighted by molar-refractivity contribution is 0.347. The first-order valence-corrected chi connectivity index (χ1v) is 4.01. The molecule has 1 radical (unpaired) electrons. The van der Waals surface area contributed by atoms with Crippen LogP contribution < -0.4 is 4.74 Å². The number of hydrogen-bond acceptors (Lipinski definition) is 4. The average molecular weight is 195 g/mol. The van der Waals surface area contributed by atoms with Gasteiger partial charge < -0.3 is 14.9 Å². The smallest absolute Gasteiger partial charge is 0.234 e. The second-order valence-corrected chi connectivity index (χ2v) is 2.96. The first-order chi connectivity index (χ1) is 6.54. The Bertz CT molecular complexity index is 382. The molecule has 14 heavy (non-hydrogen) atoms. The minimum Gasteiger partial charge on any atom is -0.504 e. The molecular weight excluding hydrogens is 184 g/mol. The molecule has 0 unspecified atom stereocenters. The normalized spacial score (nSPS) is 9.93. The van der Waals surface area contributed by atoms with Crippen LogP contribution in [0.3, 0.4) is 0 Å². The Hall–Kier alpha value is -1.71. The van der Waals surface area contributed by atoms with Gasteiger partial charge in [0.05, 0.1) is 7.11 Å². The zero-order valence-corrected chi connectivity index (χ0v) is 8.21. The van der Waals surface area contributed by atoms with E-state index in [0.717, 1.165) is 0 Å². The number of methoxy groups -OCH3 is 1. The molecule has 0 aromatic heterocycles. The Morgan fingerprint density at radius 3 is 2.14 bits per heavy atom. The Kier molecular flexibility index (Phi) is 2.65. The van der Waals surface area contributed by atoms with E-state index in [0.29, 0.717) is 11.1 Å². The van der Waals surface area contributed by atoms with Crippen LogP contribution in [0.4, 0.5) is 0 Å². The van der Waals surface area contributed by atoms with Crippen LogP contribution in [0.25, 0.3) is 0 Å². The molecule has 0 heterocycles. The topological polar surface area (TPSA) is 66.8 Å². The molecular formula is C10H11O4. The van der Waals surface area contributed by atoms with Crippen molar-refractivity contribution >= 4 is 6.29 Å². The van der Waals surface area contributed by atoms with Crippen molar-refractivity contribution in [3.8, 4) is 17.2 Å². The largest absolute Gasteiger partial charge is 0.504 e. The predicted octanol–water partition coefficient (Wildman–Crippen LogP) is 1.18. The molecule has 0 fully saturated rings. The zero-order chi connectivity index (χ0) is 10.9. The second-order valence-electron chi connectivity index (χ2n) is 2.96. The van der Waals surface area contributed by atoms with Crippen LogP contribution >= 0.6 is 0 Å². The van der Waals surface area contributed by atoms with E-state index < -0.39 is 0 Å². The molecule has 0 amide bonds. The molecule has 0 bridgehead atoms. The first-order valence-electron chi connectivity index (χ1n) is 4.01. The van der Waals surface area contributed by atoms with Gasteiger partial charge in [-0.25, -0.2) is 0 Å². The standard InChI is InChI=1S/C10H11O4/c1-5-7(4-11)6(2)10(14-3)9(13)8(5)12/h12-13H,1-3H3. The van der Waals surface area contributed by atoms with Crippen LogP contribution in [0, 0.1) is 13.8 Å². The van der Waals surface area contributed by atoms with Crippen molar-refractivity contribution < 1.29 is 19.7 Å². The summed E-state index contributed by atoms with van der Waals surface area (Å²) in [5, 5.41) is 18.9. The summed E-state index contributed by atoms with van der Waals surface area (Å²) < 4.78 is 4.87. The molecule has 0 aliphatic heterocycles. The van der Waals surface area contributed by atoms with Crippen molar-refractivity contribution in [2.75, 3.05) is 7.11 Å². The van der Waals surface area contributed by atoms with Crippen molar-refractivity contribution in [3.63, 3.8) is 0 Å². The molecule has 0 saturated heterocycles. The molecule has 1 rings (SSSR count). The van der Waals surface area contributed by atoms with E-state index in [-0.39, 0.29) is 22.8 Å². The van der Waals surface area contributed by atoms with Gasteiger partial charge in [-0.15, -0.1) is 0 Å². The number of carbonyl (C=O) groups excluding carboxylic acids is 1. The van der Waals surface area contributed by atoms with Crippen LogP contribution in [0.2, 0.25) is 0 Å². The maximum atomic E-state index is 10.6. The molecule has 0 aliphatic carbocycles. The van der Waals surface area contributed by atoms with Crippen molar-refractivity contribution in [2.45, 2.75) is 13.8 Å². The minimum absolute atomic E-state index is 0.103. The molecule has 1 aromatic carbocycles. The quantitative estimate of drug-likeness (QED) is 0.695. The third-order valence-corrected chi connectivity index (χ3v) is 2.19. The number of rotatable bonds is 2. The van der Waals surface area contributed by atoms with E-state index in [1.807, 2.05) is 0 Å². The van der Waals surface area contributed by atoms with Crippen molar-refractivity contribution in [2.24, 2.45) is 0 Å². The van der Waals surface area contributed by atoms with Gasteiger partial charge in [0.1, 0.15) is 0 Å². The summed E-state index contributed by atoms with van der Waals surface area (Å²) in [6.07, 6.45) is 1.71. The van der Waals surface area contributed by atoms with E-state index in [1.54, 1.807) is 13.2 Å². The molecule has 2 N–H and O–H groups in total. The maximum absolute atomic E-state index is 10.6. The molecule has 0 aliphatic rings. The summed E-state index contributed by atoms with van der Waals surface area (Å²) in [4.78, 5) is 10.6. The van der Waals surface area contributed by atoms with Gasteiger partial charge in [-0.2, -0.15) is 0 Å². The number of phenols is 2. The average Bonchev–Trinajstić information content (AvgIpc) is 2.16. The lowest BCUT2D eigenvalue weighted by Gasteiger charge is -2.13. The summed E-state index contributed by atoms with van der Waals surface area (Å²) >= 11 is 0. The van der Waals surface area contributed by atoms with Crippen molar-refractivity contribution in [1.82, 2.24) is 0 Å². The second kappa shape index (κ2) is 3.57. The van der Waals surface area contributed by atoms with Crippen molar-refractivity contribution in [1.29, 1.82) is 0 Å². The van der Waals surface area contributed by atoms with Crippen LogP contribution in [0.15, 0.2) is 0 Å². The van der Waals surface area contributed by atoms with Gasteiger partial charge in [0.15, 0.2) is 11.5 Å². The highest BCUT2D eigenvalue weighted by atomic mass is 16.5. The molecule has 1 aromatic rings. The van der Waals surface area contributed by atoms with Crippen molar-refractivity contribution in [3.05, 3.63) is 16.7 Å².